The Morgan fingerprint density at radius 2 is 1.86 bits per heavy atom. The predicted octanol–water partition coefficient (Wildman–Crippen LogP) is 4.87. The van der Waals surface area contributed by atoms with Crippen molar-refractivity contribution in [2.24, 2.45) is 0 Å². The van der Waals surface area contributed by atoms with Crippen LogP contribution in [0.2, 0.25) is 0 Å². The van der Waals surface area contributed by atoms with Gasteiger partial charge in [0.15, 0.2) is 0 Å². The van der Waals surface area contributed by atoms with E-state index in [1.807, 2.05) is 37.3 Å². The minimum absolute atomic E-state index is 0.0179. The lowest BCUT2D eigenvalue weighted by atomic mass is 10.1. The first-order valence-corrected chi connectivity index (χ1v) is 7.89. The second-order valence-electron chi connectivity index (χ2n) is 5.30. The monoisotopic (exact) mass is 313 g/mol. The van der Waals surface area contributed by atoms with Crippen molar-refractivity contribution in [3.05, 3.63) is 70.9 Å². The fourth-order valence-electron chi connectivity index (χ4n) is 2.42. The molecule has 1 amide bonds. The van der Waals surface area contributed by atoms with E-state index in [1.54, 1.807) is 24.1 Å². The SMILES string of the molecule is C[C@H](c1ccccc1)N(C)C(=O)c1cc2cc(F)ccc2s1. The van der Waals surface area contributed by atoms with Gasteiger partial charge in [-0.25, -0.2) is 4.39 Å². The summed E-state index contributed by atoms with van der Waals surface area (Å²) in [7, 11) is 1.80. The Morgan fingerprint density at radius 1 is 1.14 bits per heavy atom. The largest absolute Gasteiger partial charge is 0.334 e. The highest BCUT2D eigenvalue weighted by Gasteiger charge is 2.20. The van der Waals surface area contributed by atoms with Crippen LogP contribution in [-0.2, 0) is 0 Å². The zero-order chi connectivity index (χ0) is 15.7. The van der Waals surface area contributed by atoms with Gasteiger partial charge >= 0.3 is 0 Å². The fourth-order valence-corrected chi connectivity index (χ4v) is 3.45. The molecule has 3 aromatic rings. The summed E-state index contributed by atoms with van der Waals surface area (Å²) in [6.45, 7) is 2.00. The van der Waals surface area contributed by atoms with Gasteiger partial charge in [0, 0.05) is 11.7 Å². The minimum atomic E-state index is -0.282. The number of halogens is 1. The molecule has 22 heavy (non-hydrogen) atoms. The summed E-state index contributed by atoms with van der Waals surface area (Å²) < 4.78 is 14.2. The smallest absolute Gasteiger partial charge is 0.264 e. The highest BCUT2D eigenvalue weighted by Crippen LogP contribution is 2.29. The molecule has 0 saturated carbocycles. The molecule has 1 heterocycles. The average molecular weight is 313 g/mol. The lowest BCUT2D eigenvalue weighted by Gasteiger charge is -2.24. The van der Waals surface area contributed by atoms with E-state index >= 15 is 0 Å². The van der Waals surface area contributed by atoms with Crippen LogP contribution in [0.3, 0.4) is 0 Å². The molecular formula is C18H16FNOS. The number of nitrogens with zero attached hydrogens (tertiary/aromatic N) is 1. The standard InChI is InChI=1S/C18H16FNOS/c1-12(13-6-4-3-5-7-13)20(2)18(21)17-11-14-10-15(19)8-9-16(14)22-17/h3-12H,1-2H3/t12-/m1/s1. The fraction of sp³-hybridized carbons (Fsp3) is 0.167. The molecule has 0 radical (unpaired) electrons. The van der Waals surface area contributed by atoms with Crippen molar-refractivity contribution in [2.75, 3.05) is 7.05 Å². The van der Waals surface area contributed by atoms with E-state index in [4.69, 9.17) is 0 Å². The predicted molar refractivity (Wildman–Crippen MR) is 88.7 cm³/mol. The van der Waals surface area contributed by atoms with E-state index in [2.05, 4.69) is 0 Å². The molecule has 4 heteroatoms. The second kappa shape index (κ2) is 5.89. The van der Waals surface area contributed by atoms with Gasteiger partial charge in [-0.1, -0.05) is 30.3 Å². The minimum Gasteiger partial charge on any atom is -0.334 e. The molecule has 0 saturated heterocycles. The molecular weight excluding hydrogens is 297 g/mol. The van der Waals surface area contributed by atoms with Crippen LogP contribution < -0.4 is 0 Å². The van der Waals surface area contributed by atoms with Crippen molar-refractivity contribution in [1.82, 2.24) is 4.90 Å². The van der Waals surface area contributed by atoms with Crippen LogP contribution >= 0.6 is 11.3 Å². The van der Waals surface area contributed by atoms with Gasteiger partial charge in [-0.05, 0) is 42.1 Å². The first-order chi connectivity index (χ1) is 10.6. The summed E-state index contributed by atoms with van der Waals surface area (Å²) in [4.78, 5) is 15.0. The van der Waals surface area contributed by atoms with E-state index in [0.717, 1.165) is 15.6 Å². The van der Waals surface area contributed by atoms with Crippen LogP contribution in [0.25, 0.3) is 10.1 Å². The molecule has 0 aliphatic carbocycles. The van der Waals surface area contributed by atoms with Crippen LogP contribution in [0.1, 0.15) is 28.2 Å². The van der Waals surface area contributed by atoms with E-state index < -0.39 is 0 Å². The van der Waals surface area contributed by atoms with E-state index in [1.165, 1.54) is 23.5 Å². The number of carbonyl (C=O) groups excluding carboxylic acids is 1. The van der Waals surface area contributed by atoms with Crippen molar-refractivity contribution in [3.8, 4) is 0 Å². The molecule has 0 aliphatic rings. The zero-order valence-electron chi connectivity index (χ0n) is 12.4. The van der Waals surface area contributed by atoms with Crippen LogP contribution in [0, 0.1) is 5.82 Å². The number of amides is 1. The third-order valence-corrected chi connectivity index (χ3v) is 4.98. The number of hydrogen-bond donors (Lipinski definition) is 0. The lowest BCUT2D eigenvalue weighted by Crippen LogP contribution is -2.28. The summed E-state index contributed by atoms with van der Waals surface area (Å²) in [5.74, 6) is -0.326. The number of fused-ring (bicyclic) bond motifs is 1. The number of rotatable bonds is 3. The van der Waals surface area contributed by atoms with Crippen molar-refractivity contribution < 1.29 is 9.18 Å². The average Bonchev–Trinajstić information content (AvgIpc) is 2.96. The summed E-state index contributed by atoms with van der Waals surface area (Å²) in [5.41, 5.74) is 1.09. The number of carbonyl (C=O) groups is 1. The Bertz CT molecular complexity index is 812. The summed E-state index contributed by atoms with van der Waals surface area (Å²) >= 11 is 1.40. The molecule has 0 aliphatic heterocycles. The van der Waals surface area contributed by atoms with Crippen molar-refractivity contribution in [2.45, 2.75) is 13.0 Å². The maximum atomic E-state index is 13.3. The number of thiophene rings is 1. The molecule has 1 atom stereocenters. The summed E-state index contributed by atoms with van der Waals surface area (Å²) in [6.07, 6.45) is 0. The number of hydrogen-bond acceptors (Lipinski definition) is 2. The zero-order valence-corrected chi connectivity index (χ0v) is 13.2. The van der Waals surface area contributed by atoms with Crippen LogP contribution in [0.5, 0.6) is 0 Å². The third-order valence-electron chi connectivity index (χ3n) is 3.87. The molecule has 0 bridgehead atoms. The molecule has 3 rings (SSSR count). The highest BCUT2D eigenvalue weighted by molar-refractivity contribution is 7.20. The third kappa shape index (κ3) is 2.74. The second-order valence-corrected chi connectivity index (χ2v) is 6.38. The van der Waals surface area contributed by atoms with E-state index in [0.29, 0.717) is 4.88 Å². The molecule has 0 spiro atoms. The van der Waals surface area contributed by atoms with E-state index in [-0.39, 0.29) is 17.8 Å². The van der Waals surface area contributed by atoms with Gasteiger partial charge in [0.2, 0.25) is 0 Å². The normalized spacial score (nSPS) is 12.3. The Hall–Kier alpha value is -2.20. The molecule has 0 N–H and O–H groups in total. The summed E-state index contributed by atoms with van der Waals surface area (Å²) in [6, 6.07) is 16.2. The first-order valence-electron chi connectivity index (χ1n) is 7.07. The topological polar surface area (TPSA) is 20.3 Å². The molecule has 112 valence electrons. The summed E-state index contributed by atoms with van der Waals surface area (Å²) in [5, 5.41) is 0.772. The Balaban J connectivity index is 1.88. The highest BCUT2D eigenvalue weighted by atomic mass is 32.1. The van der Waals surface area contributed by atoms with Gasteiger partial charge in [0.05, 0.1) is 10.9 Å². The van der Waals surface area contributed by atoms with Crippen LogP contribution in [-0.4, -0.2) is 17.9 Å². The van der Waals surface area contributed by atoms with Gasteiger partial charge in [0.25, 0.3) is 5.91 Å². The molecule has 2 aromatic carbocycles. The molecule has 0 unspecified atom stereocenters. The molecule has 0 fully saturated rings. The van der Waals surface area contributed by atoms with Crippen LogP contribution in [0.4, 0.5) is 4.39 Å². The maximum Gasteiger partial charge on any atom is 0.264 e. The van der Waals surface area contributed by atoms with Crippen molar-refractivity contribution in [3.63, 3.8) is 0 Å². The molecule has 2 nitrogen and oxygen atoms in total. The lowest BCUT2D eigenvalue weighted by molar-refractivity contribution is 0.0747. The number of benzene rings is 2. The Kier molecular flexibility index (Phi) is 3.94. The first kappa shape index (κ1) is 14.7. The molecule has 1 aromatic heterocycles. The van der Waals surface area contributed by atoms with Gasteiger partial charge < -0.3 is 4.90 Å². The van der Waals surface area contributed by atoms with Gasteiger partial charge in [-0.3, -0.25) is 4.79 Å². The maximum absolute atomic E-state index is 13.3. The van der Waals surface area contributed by atoms with E-state index in [9.17, 15) is 9.18 Å². The Morgan fingerprint density at radius 3 is 2.59 bits per heavy atom. The quantitative estimate of drug-likeness (QED) is 0.675. The van der Waals surface area contributed by atoms with Crippen LogP contribution in [0.15, 0.2) is 54.6 Å². The Labute approximate surface area is 132 Å². The van der Waals surface area contributed by atoms with Crippen molar-refractivity contribution >= 4 is 27.3 Å². The van der Waals surface area contributed by atoms with Crippen molar-refractivity contribution in [1.29, 1.82) is 0 Å². The van der Waals surface area contributed by atoms with Gasteiger partial charge in [-0.2, -0.15) is 0 Å². The van der Waals surface area contributed by atoms with Gasteiger partial charge in [-0.15, -0.1) is 11.3 Å². The van der Waals surface area contributed by atoms with Gasteiger partial charge in [0.1, 0.15) is 5.82 Å².